The first-order valence-corrected chi connectivity index (χ1v) is 6.95. The van der Waals surface area contributed by atoms with Crippen LogP contribution < -0.4 is 10.6 Å². The fraction of sp³-hybridized carbons (Fsp3) is 0.769. The highest BCUT2D eigenvalue weighted by Crippen LogP contribution is 2.10. The normalized spacial score (nSPS) is 18.1. The van der Waals surface area contributed by atoms with Crippen molar-refractivity contribution in [3.63, 3.8) is 0 Å². The molecule has 2 unspecified atom stereocenters. The monoisotopic (exact) mass is 285 g/mol. The van der Waals surface area contributed by atoms with Gasteiger partial charge in [-0.25, -0.2) is 4.79 Å². The van der Waals surface area contributed by atoms with E-state index in [1.165, 1.54) is 4.90 Å². The maximum atomic E-state index is 11.9. The molecule has 1 rings (SSSR count). The summed E-state index contributed by atoms with van der Waals surface area (Å²) in [5, 5.41) is 14.3. The molecule has 3 N–H and O–H groups in total. The lowest BCUT2D eigenvalue weighted by molar-refractivity contribution is -0.141. The van der Waals surface area contributed by atoms with Crippen LogP contribution in [-0.2, 0) is 9.59 Å². The lowest BCUT2D eigenvalue weighted by Crippen LogP contribution is -2.54. The first-order valence-electron chi connectivity index (χ1n) is 6.95. The van der Waals surface area contributed by atoms with E-state index in [0.29, 0.717) is 19.5 Å². The second-order valence-electron chi connectivity index (χ2n) is 5.29. The summed E-state index contributed by atoms with van der Waals surface area (Å²) < 4.78 is 0. The van der Waals surface area contributed by atoms with Crippen LogP contribution in [0.15, 0.2) is 0 Å². The van der Waals surface area contributed by atoms with Gasteiger partial charge in [-0.15, -0.1) is 0 Å². The van der Waals surface area contributed by atoms with E-state index in [9.17, 15) is 14.4 Å². The molecule has 1 fully saturated rings. The van der Waals surface area contributed by atoms with Gasteiger partial charge < -0.3 is 20.6 Å². The first kappa shape index (κ1) is 16.3. The number of amides is 3. The van der Waals surface area contributed by atoms with Crippen molar-refractivity contribution in [1.82, 2.24) is 15.5 Å². The summed E-state index contributed by atoms with van der Waals surface area (Å²) in [7, 11) is 0. The van der Waals surface area contributed by atoms with Crippen molar-refractivity contribution < 1.29 is 19.5 Å². The number of hydrogen-bond acceptors (Lipinski definition) is 3. The Bertz CT molecular complexity index is 373. The zero-order valence-corrected chi connectivity index (χ0v) is 12.0. The number of carboxylic acids is 1. The van der Waals surface area contributed by atoms with Crippen molar-refractivity contribution in [2.75, 3.05) is 19.6 Å². The highest BCUT2D eigenvalue weighted by atomic mass is 16.4. The summed E-state index contributed by atoms with van der Waals surface area (Å²) in [6, 6.07) is -0.271. The van der Waals surface area contributed by atoms with Gasteiger partial charge in [0.05, 0.1) is 5.92 Å². The predicted molar refractivity (Wildman–Crippen MR) is 73.2 cm³/mol. The first-order chi connectivity index (χ1) is 9.40. The molecule has 1 aliphatic heterocycles. The van der Waals surface area contributed by atoms with E-state index < -0.39 is 5.97 Å². The minimum atomic E-state index is -0.791. The van der Waals surface area contributed by atoms with Gasteiger partial charge in [-0.2, -0.15) is 0 Å². The van der Waals surface area contributed by atoms with E-state index in [1.807, 2.05) is 6.92 Å². The Balaban J connectivity index is 2.24. The van der Waals surface area contributed by atoms with Gasteiger partial charge in [0.25, 0.3) is 0 Å². The van der Waals surface area contributed by atoms with E-state index in [4.69, 9.17) is 5.11 Å². The van der Waals surface area contributed by atoms with Gasteiger partial charge in [-0.1, -0.05) is 13.3 Å². The fourth-order valence-electron chi connectivity index (χ4n) is 2.04. The molecular weight excluding hydrogens is 262 g/mol. The molecule has 7 heteroatoms. The van der Waals surface area contributed by atoms with Gasteiger partial charge in [0.2, 0.25) is 5.91 Å². The van der Waals surface area contributed by atoms with Crippen LogP contribution in [0.4, 0.5) is 4.79 Å². The SMILES string of the molecule is CC(CCCC(C)C(=O)O)NC(=O)N1CCNC(=O)C1. The minimum Gasteiger partial charge on any atom is -0.481 e. The van der Waals surface area contributed by atoms with Gasteiger partial charge in [-0.3, -0.25) is 9.59 Å². The molecule has 0 radical (unpaired) electrons. The maximum absolute atomic E-state index is 11.9. The number of carboxylic acid groups (broad SMARTS) is 1. The third-order valence-electron chi connectivity index (χ3n) is 3.39. The average Bonchev–Trinajstić information content (AvgIpc) is 2.38. The van der Waals surface area contributed by atoms with E-state index in [-0.39, 0.29) is 30.4 Å². The molecule has 0 aliphatic carbocycles. The van der Waals surface area contributed by atoms with Crippen LogP contribution in [-0.4, -0.2) is 53.6 Å². The topological polar surface area (TPSA) is 98.7 Å². The number of rotatable bonds is 6. The quantitative estimate of drug-likeness (QED) is 0.658. The molecule has 2 atom stereocenters. The Hall–Kier alpha value is -1.79. The van der Waals surface area contributed by atoms with Crippen molar-refractivity contribution >= 4 is 17.9 Å². The Kier molecular flexibility index (Phi) is 6.27. The Labute approximate surface area is 118 Å². The Morgan fingerprint density at radius 1 is 1.40 bits per heavy atom. The summed E-state index contributed by atoms with van der Waals surface area (Å²) in [4.78, 5) is 35.2. The lowest BCUT2D eigenvalue weighted by atomic mass is 10.0. The lowest BCUT2D eigenvalue weighted by Gasteiger charge is -2.28. The second-order valence-corrected chi connectivity index (χ2v) is 5.29. The fourth-order valence-corrected chi connectivity index (χ4v) is 2.04. The molecule has 20 heavy (non-hydrogen) atoms. The number of carbonyl (C=O) groups excluding carboxylic acids is 2. The maximum Gasteiger partial charge on any atom is 0.318 e. The largest absolute Gasteiger partial charge is 0.481 e. The van der Waals surface area contributed by atoms with Crippen molar-refractivity contribution in [3.8, 4) is 0 Å². The van der Waals surface area contributed by atoms with Gasteiger partial charge in [0, 0.05) is 19.1 Å². The smallest absolute Gasteiger partial charge is 0.318 e. The minimum absolute atomic E-state index is 0.0338. The van der Waals surface area contributed by atoms with Crippen LogP contribution in [0.5, 0.6) is 0 Å². The van der Waals surface area contributed by atoms with Crippen molar-refractivity contribution in [3.05, 3.63) is 0 Å². The molecule has 0 aromatic rings. The van der Waals surface area contributed by atoms with Crippen molar-refractivity contribution in [2.45, 2.75) is 39.2 Å². The van der Waals surface area contributed by atoms with Crippen molar-refractivity contribution in [2.24, 2.45) is 5.92 Å². The molecule has 0 bridgehead atoms. The molecule has 1 aliphatic rings. The highest BCUT2D eigenvalue weighted by molar-refractivity contribution is 5.85. The van der Waals surface area contributed by atoms with Crippen LogP contribution in [0.3, 0.4) is 0 Å². The summed E-state index contributed by atoms with van der Waals surface area (Å²) in [6.07, 6.45) is 2.07. The van der Waals surface area contributed by atoms with E-state index >= 15 is 0 Å². The summed E-state index contributed by atoms with van der Waals surface area (Å²) >= 11 is 0. The van der Waals surface area contributed by atoms with Gasteiger partial charge in [-0.05, 0) is 19.8 Å². The zero-order chi connectivity index (χ0) is 15.1. The number of aliphatic carboxylic acids is 1. The number of nitrogens with one attached hydrogen (secondary N) is 2. The number of hydrogen-bond donors (Lipinski definition) is 3. The van der Waals surface area contributed by atoms with Crippen LogP contribution in [0.2, 0.25) is 0 Å². The van der Waals surface area contributed by atoms with E-state index in [0.717, 1.165) is 12.8 Å². The van der Waals surface area contributed by atoms with Gasteiger partial charge in [0.15, 0.2) is 0 Å². The van der Waals surface area contributed by atoms with E-state index in [2.05, 4.69) is 10.6 Å². The molecule has 114 valence electrons. The van der Waals surface area contributed by atoms with Crippen LogP contribution in [0, 0.1) is 5.92 Å². The third kappa shape index (κ3) is 5.46. The Morgan fingerprint density at radius 3 is 2.70 bits per heavy atom. The highest BCUT2D eigenvalue weighted by Gasteiger charge is 2.22. The van der Waals surface area contributed by atoms with Gasteiger partial charge in [0.1, 0.15) is 6.54 Å². The molecule has 1 heterocycles. The van der Waals surface area contributed by atoms with E-state index in [1.54, 1.807) is 6.92 Å². The third-order valence-corrected chi connectivity index (χ3v) is 3.39. The molecule has 0 spiro atoms. The number of urea groups is 1. The number of carbonyl (C=O) groups is 3. The molecule has 1 saturated heterocycles. The number of piperazine rings is 1. The average molecular weight is 285 g/mol. The molecule has 7 nitrogen and oxygen atoms in total. The second kappa shape index (κ2) is 7.72. The molecule has 0 aromatic carbocycles. The summed E-state index contributed by atoms with van der Waals surface area (Å²) in [5.41, 5.74) is 0. The summed E-state index contributed by atoms with van der Waals surface area (Å²) in [5.74, 6) is -1.29. The van der Waals surface area contributed by atoms with Crippen LogP contribution in [0.1, 0.15) is 33.1 Å². The van der Waals surface area contributed by atoms with Crippen LogP contribution >= 0.6 is 0 Å². The van der Waals surface area contributed by atoms with Crippen molar-refractivity contribution in [1.29, 1.82) is 0 Å². The summed E-state index contributed by atoms with van der Waals surface area (Å²) in [6.45, 7) is 4.65. The molecule has 0 aromatic heterocycles. The standard InChI is InChI=1S/C13H23N3O4/c1-9(12(18)19)4-3-5-10(2)15-13(20)16-7-6-14-11(17)8-16/h9-10H,3-8H2,1-2H3,(H,14,17)(H,15,20)(H,18,19). The zero-order valence-electron chi connectivity index (χ0n) is 12.0. The Morgan fingerprint density at radius 2 is 2.10 bits per heavy atom. The molecule has 3 amide bonds. The predicted octanol–water partition coefficient (Wildman–Crippen LogP) is 0.407. The molecular formula is C13H23N3O4. The van der Waals surface area contributed by atoms with Gasteiger partial charge >= 0.3 is 12.0 Å². The molecule has 0 saturated carbocycles. The number of nitrogens with zero attached hydrogens (tertiary/aromatic N) is 1. The van der Waals surface area contributed by atoms with Crippen LogP contribution in [0.25, 0.3) is 0 Å².